The molecule has 0 aliphatic carbocycles. The van der Waals surface area contributed by atoms with Gasteiger partial charge in [-0.2, -0.15) is 0 Å². The smallest absolute Gasteiger partial charge is 0.00493 e. The molecule has 0 aliphatic heterocycles. The van der Waals surface area contributed by atoms with Gasteiger partial charge in [0.2, 0.25) is 0 Å². The van der Waals surface area contributed by atoms with Crippen LogP contribution in [0.2, 0.25) is 0 Å². The summed E-state index contributed by atoms with van der Waals surface area (Å²) in [6.45, 7) is 5.59. The SMILES string of the molecule is CCCC(CCNC)CCc1ccc(C)cc1. The standard InChI is InChI=1S/C16H27N/c1-4-5-15(12-13-17-3)10-11-16-8-6-14(2)7-9-16/h6-9,15,17H,4-5,10-13H2,1-3H3. The van der Waals surface area contributed by atoms with Gasteiger partial charge in [-0.3, -0.25) is 0 Å². The Kier molecular flexibility index (Phi) is 6.95. The van der Waals surface area contributed by atoms with Gasteiger partial charge in [0.25, 0.3) is 0 Å². The van der Waals surface area contributed by atoms with Crippen molar-refractivity contribution in [3.05, 3.63) is 35.4 Å². The average Bonchev–Trinajstić information content (AvgIpc) is 2.35. The molecule has 0 aliphatic rings. The molecule has 96 valence electrons. The van der Waals surface area contributed by atoms with Crippen LogP contribution in [0.5, 0.6) is 0 Å². The molecule has 0 aromatic heterocycles. The van der Waals surface area contributed by atoms with Gasteiger partial charge >= 0.3 is 0 Å². The van der Waals surface area contributed by atoms with Crippen LogP contribution in [0.15, 0.2) is 24.3 Å². The minimum atomic E-state index is 0.883. The summed E-state index contributed by atoms with van der Waals surface area (Å²) in [5.74, 6) is 0.883. The third-order valence-electron chi connectivity index (χ3n) is 3.46. The van der Waals surface area contributed by atoms with Gasteiger partial charge in [-0.05, 0) is 51.3 Å². The second-order valence-corrected chi connectivity index (χ2v) is 5.07. The van der Waals surface area contributed by atoms with Crippen molar-refractivity contribution in [2.45, 2.75) is 46.0 Å². The maximum absolute atomic E-state index is 3.26. The first-order valence-corrected chi connectivity index (χ1v) is 6.96. The van der Waals surface area contributed by atoms with Crippen LogP contribution in [0.1, 0.15) is 43.7 Å². The second-order valence-electron chi connectivity index (χ2n) is 5.07. The maximum Gasteiger partial charge on any atom is -0.00493 e. The summed E-state index contributed by atoms with van der Waals surface area (Å²) in [5, 5.41) is 3.26. The molecule has 0 amide bonds. The molecule has 1 heteroatoms. The lowest BCUT2D eigenvalue weighted by atomic mass is 9.92. The van der Waals surface area contributed by atoms with Crippen molar-refractivity contribution in [3.63, 3.8) is 0 Å². The molecule has 0 bridgehead atoms. The highest BCUT2D eigenvalue weighted by Crippen LogP contribution is 2.18. The molecule has 0 saturated carbocycles. The largest absolute Gasteiger partial charge is 0.320 e. The molecule has 1 aromatic carbocycles. The van der Waals surface area contributed by atoms with Gasteiger partial charge in [0.1, 0.15) is 0 Å². The Morgan fingerprint density at radius 1 is 1.06 bits per heavy atom. The van der Waals surface area contributed by atoms with Crippen molar-refractivity contribution >= 4 is 0 Å². The third kappa shape index (κ3) is 5.88. The van der Waals surface area contributed by atoms with Crippen LogP contribution in [0.4, 0.5) is 0 Å². The zero-order valence-electron chi connectivity index (χ0n) is 11.6. The van der Waals surface area contributed by atoms with Crippen molar-refractivity contribution in [2.24, 2.45) is 5.92 Å². The fourth-order valence-electron chi connectivity index (χ4n) is 2.32. The fraction of sp³-hybridized carbons (Fsp3) is 0.625. The molecule has 1 nitrogen and oxygen atoms in total. The van der Waals surface area contributed by atoms with Gasteiger partial charge in [-0.15, -0.1) is 0 Å². The topological polar surface area (TPSA) is 12.0 Å². The first kappa shape index (κ1) is 14.2. The lowest BCUT2D eigenvalue weighted by Gasteiger charge is -2.15. The van der Waals surface area contributed by atoms with Crippen LogP contribution in [0.25, 0.3) is 0 Å². The van der Waals surface area contributed by atoms with Gasteiger partial charge in [-0.1, -0.05) is 49.6 Å². The molecule has 0 heterocycles. The number of hydrogen-bond acceptors (Lipinski definition) is 1. The lowest BCUT2D eigenvalue weighted by Crippen LogP contribution is -2.13. The average molecular weight is 233 g/mol. The summed E-state index contributed by atoms with van der Waals surface area (Å²) in [5.41, 5.74) is 2.84. The van der Waals surface area contributed by atoms with Crippen LogP contribution in [-0.2, 0) is 6.42 Å². The number of aryl methyl sites for hydroxylation is 2. The van der Waals surface area contributed by atoms with E-state index in [0.717, 1.165) is 12.5 Å². The zero-order chi connectivity index (χ0) is 12.5. The zero-order valence-corrected chi connectivity index (χ0v) is 11.6. The van der Waals surface area contributed by atoms with Crippen LogP contribution >= 0.6 is 0 Å². The molecule has 0 saturated heterocycles. The second kappa shape index (κ2) is 8.30. The summed E-state index contributed by atoms with van der Waals surface area (Å²) in [4.78, 5) is 0. The molecule has 0 spiro atoms. The molecule has 1 aromatic rings. The molecule has 1 rings (SSSR count). The van der Waals surface area contributed by atoms with Crippen LogP contribution in [-0.4, -0.2) is 13.6 Å². The molecule has 1 unspecified atom stereocenters. The van der Waals surface area contributed by atoms with E-state index in [4.69, 9.17) is 0 Å². The van der Waals surface area contributed by atoms with Gasteiger partial charge in [0.05, 0.1) is 0 Å². The van der Waals surface area contributed by atoms with Crippen LogP contribution < -0.4 is 5.32 Å². The molecular formula is C16H27N. The quantitative estimate of drug-likeness (QED) is 0.717. The van der Waals surface area contributed by atoms with E-state index in [1.165, 1.54) is 43.2 Å². The van der Waals surface area contributed by atoms with Gasteiger partial charge in [0.15, 0.2) is 0 Å². The molecule has 0 fully saturated rings. The van der Waals surface area contributed by atoms with Crippen molar-refractivity contribution < 1.29 is 0 Å². The minimum absolute atomic E-state index is 0.883. The molecular weight excluding hydrogens is 206 g/mol. The predicted octanol–water partition coefficient (Wildman–Crippen LogP) is 3.95. The summed E-state index contributed by atoms with van der Waals surface area (Å²) in [7, 11) is 2.04. The van der Waals surface area contributed by atoms with Gasteiger partial charge in [0, 0.05) is 0 Å². The normalized spacial score (nSPS) is 12.6. The van der Waals surface area contributed by atoms with Gasteiger partial charge < -0.3 is 5.32 Å². The van der Waals surface area contributed by atoms with Gasteiger partial charge in [-0.25, -0.2) is 0 Å². The van der Waals surface area contributed by atoms with E-state index in [1.54, 1.807) is 0 Å². The van der Waals surface area contributed by atoms with E-state index in [9.17, 15) is 0 Å². The highest BCUT2D eigenvalue weighted by Gasteiger charge is 2.07. The Hall–Kier alpha value is -0.820. The Balaban J connectivity index is 2.37. The number of nitrogens with one attached hydrogen (secondary N) is 1. The monoisotopic (exact) mass is 233 g/mol. The van der Waals surface area contributed by atoms with E-state index in [-0.39, 0.29) is 0 Å². The highest BCUT2D eigenvalue weighted by molar-refractivity contribution is 5.21. The minimum Gasteiger partial charge on any atom is -0.320 e. The summed E-state index contributed by atoms with van der Waals surface area (Å²) < 4.78 is 0. The van der Waals surface area contributed by atoms with E-state index >= 15 is 0 Å². The van der Waals surface area contributed by atoms with E-state index in [1.807, 2.05) is 7.05 Å². The van der Waals surface area contributed by atoms with Crippen molar-refractivity contribution in [1.82, 2.24) is 5.32 Å². The number of hydrogen-bond donors (Lipinski definition) is 1. The Morgan fingerprint density at radius 3 is 2.35 bits per heavy atom. The number of rotatable bonds is 8. The summed E-state index contributed by atoms with van der Waals surface area (Å²) >= 11 is 0. The molecule has 1 N–H and O–H groups in total. The van der Waals surface area contributed by atoms with Crippen LogP contribution in [0.3, 0.4) is 0 Å². The summed E-state index contributed by atoms with van der Waals surface area (Å²) in [6.07, 6.45) is 6.55. The fourth-order valence-corrected chi connectivity index (χ4v) is 2.32. The first-order valence-electron chi connectivity index (χ1n) is 6.96. The van der Waals surface area contributed by atoms with Crippen molar-refractivity contribution in [3.8, 4) is 0 Å². The predicted molar refractivity (Wildman–Crippen MR) is 76.4 cm³/mol. The summed E-state index contributed by atoms with van der Waals surface area (Å²) in [6, 6.07) is 8.99. The first-order chi connectivity index (χ1) is 8.26. The molecule has 0 radical (unpaired) electrons. The molecule has 17 heavy (non-hydrogen) atoms. The highest BCUT2D eigenvalue weighted by atomic mass is 14.8. The van der Waals surface area contributed by atoms with Crippen LogP contribution in [0, 0.1) is 12.8 Å². The van der Waals surface area contributed by atoms with E-state index in [0.29, 0.717) is 0 Å². The lowest BCUT2D eigenvalue weighted by molar-refractivity contribution is 0.410. The Morgan fingerprint density at radius 2 is 1.76 bits per heavy atom. The van der Waals surface area contributed by atoms with E-state index < -0.39 is 0 Å². The Bertz CT molecular complexity index is 289. The third-order valence-corrected chi connectivity index (χ3v) is 3.46. The Labute approximate surface area is 107 Å². The molecule has 1 atom stereocenters. The van der Waals surface area contributed by atoms with E-state index in [2.05, 4.69) is 43.4 Å². The van der Waals surface area contributed by atoms with Crippen molar-refractivity contribution in [1.29, 1.82) is 0 Å². The number of benzene rings is 1. The van der Waals surface area contributed by atoms with Crippen molar-refractivity contribution in [2.75, 3.05) is 13.6 Å². The maximum atomic E-state index is 3.26.